The highest BCUT2D eigenvalue weighted by molar-refractivity contribution is 5.97. The van der Waals surface area contributed by atoms with Gasteiger partial charge in [0.2, 0.25) is 0 Å². The molecule has 0 bridgehead atoms. The maximum Gasteiger partial charge on any atom is 0.334 e. The van der Waals surface area contributed by atoms with Crippen molar-refractivity contribution >= 4 is 23.3 Å². The smallest absolute Gasteiger partial charge is 0.334 e. The molecule has 0 unspecified atom stereocenters. The molecule has 8 nitrogen and oxygen atoms in total. The monoisotopic (exact) mass is 511 g/mol. The molecule has 3 aromatic rings. The SMILES string of the molecule is N=C(N)c1cccc(N2C[C@H](OCc3ccccc3)C[C@@H]2C(=O)Oc2ccc(C(=N)N3CCCC3)cc2)c1. The molecule has 2 heterocycles. The maximum atomic E-state index is 13.4. The van der Waals surface area contributed by atoms with Crippen LogP contribution < -0.4 is 15.4 Å². The average Bonchev–Trinajstić information content (AvgIpc) is 3.64. The molecule has 2 atom stereocenters. The number of likely N-dealkylation sites (tertiary alicyclic amines) is 1. The predicted octanol–water partition coefficient (Wildman–Crippen LogP) is 4.16. The second kappa shape index (κ2) is 11.5. The van der Waals surface area contributed by atoms with Crippen LogP contribution in [0.4, 0.5) is 5.69 Å². The van der Waals surface area contributed by atoms with Crippen molar-refractivity contribution in [2.75, 3.05) is 24.5 Å². The largest absolute Gasteiger partial charge is 0.425 e. The third-order valence-electron chi connectivity index (χ3n) is 7.12. The number of ether oxygens (including phenoxy) is 2. The van der Waals surface area contributed by atoms with Gasteiger partial charge in [-0.15, -0.1) is 0 Å². The molecule has 0 spiro atoms. The molecular formula is C30H33N5O3. The van der Waals surface area contributed by atoms with Gasteiger partial charge in [0.1, 0.15) is 23.5 Å². The molecule has 8 heteroatoms. The lowest BCUT2D eigenvalue weighted by molar-refractivity contribution is -0.136. The Bertz CT molecular complexity index is 1290. The Morgan fingerprint density at radius 2 is 1.66 bits per heavy atom. The molecule has 3 aromatic carbocycles. The van der Waals surface area contributed by atoms with Gasteiger partial charge in [-0.2, -0.15) is 0 Å². The number of anilines is 1. The summed E-state index contributed by atoms with van der Waals surface area (Å²) in [6, 6.07) is 23.9. The maximum absolute atomic E-state index is 13.4. The van der Waals surface area contributed by atoms with Gasteiger partial charge >= 0.3 is 5.97 Å². The van der Waals surface area contributed by atoms with Crippen LogP contribution in [0, 0.1) is 10.8 Å². The van der Waals surface area contributed by atoms with Gasteiger partial charge in [-0.3, -0.25) is 10.8 Å². The van der Waals surface area contributed by atoms with Crippen LogP contribution in [0.25, 0.3) is 0 Å². The minimum atomic E-state index is -0.555. The summed E-state index contributed by atoms with van der Waals surface area (Å²) in [6.07, 6.45) is 2.54. The fourth-order valence-electron chi connectivity index (χ4n) is 5.06. The molecule has 5 rings (SSSR count). The van der Waals surface area contributed by atoms with E-state index in [0.29, 0.717) is 36.7 Å². The van der Waals surface area contributed by atoms with Crippen molar-refractivity contribution in [2.45, 2.75) is 38.0 Å². The van der Waals surface area contributed by atoms with Crippen molar-refractivity contribution in [2.24, 2.45) is 5.73 Å². The Kier molecular flexibility index (Phi) is 7.70. The van der Waals surface area contributed by atoms with E-state index in [1.54, 1.807) is 18.2 Å². The summed E-state index contributed by atoms with van der Waals surface area (Å²) >= 11 is 0. The number of rotatable bonds is 8. The number of benzene rings is 3. The van der Waals surface area contributed by atoms with Gasteiger partial charge in [-0.1, -0.05) is 42.5 Å². The van der Waals surface area contributed by atoms with E-state index in [4.69, 9.17) is 26.0 Å². The fraction of sp³-hybridized carbons (Fsp3) is 0.300. The Morgan fingerprint density at radius 3 is 2.37 bits per heavy atom. The predicted molar refractivity (Wildman–Crippen MR) is 148 cm³/mol. The van der Waals surface area contributed by atoms with E-state index in [2.05, 4.69) is 4.90 Å². The lowest BCUT2D eigenvalue weighted by atomic mass is 10.1. The molecule has 0 aromatic heterocycles. The fourth-order valence-corrected chi connectivity index (χ4v) is 5.06. The lowest BCUT2D eigenvalue weighted by Crippen LogP contribution is -2.39. The van der Waals surface area contributed by atoms with Gasteiger partial charge in [0.15, 0.2) is 0 Å². The van der Waals surface area contributed by atoms with Crippen molar-refractivity contribution in [1.29, 1.82) is 10.8 Å². The van der Waals surface area contributed by atoms with Crippen molar-refractivity contribution < 1.29 is 14.3 Å². The second-order valence-corrected chi connectivity index (χ2v) is 9.77. The molecule has 2 aliphatic rings. The Hall–Kier alpha value is -4.17. The number of nitrogens with two attached hydrogens (primary N) is 1. The first kappa shape index (κ1) is 25.5. The van der Waals surface area contributed by atoms with Crippen molar-refractivity contribution in [3.05, 3.63) is 95.6 Å². The van der Waals surface area contributed by atoms with Crippen LogP contribution in [-0.4, -0.2) is 54.3 Å². The van der Waals surface area contributed by atoms with Crippen LogP contribution in [0.15, 0.2) is 78.9 Å². The van der Waals surface area contributed by atoms with Gasteiger partial charge in [-0.25, -0.2) is 4.79 Å². The molecule has 196 valence electrons. The van der Waals surface area contributed by atoms with E-state index in [0.717, 1.165) is 42.7 Å². The molecule has 2 fully saturated rings. The summed E-state index contributed by atoms with van der Waals surface area (Å²) in [5.74, 6) is 0.554. The van der Waals surface area contributed by atoms with E-state index in [1.165, 1.54) is 0 Å². The van der Waals surface area contributed by atoms with Crippen LogP contribution in [-0.2, 0) is 16.1 Å². The van der Waals surface area contributed by atoms with Crippen LogP contribution in [0.1, 0.15) is 36.0 Å². The summed E-state index contributed by atoms with van der Waals surface area (Å²) in [4.78, 5) is 17.5. The molecule has 0 radical (unpaired) electrons. The van der Waals surface area contributed by atoms with Crippen LogP contribution in [0.5, 0.6) is 5.75 Å². The number of hydrogen-bond acceptors (Lipinski definition) is 6. The summed E-state index contributed by atoms with van der Waals surface area (Å²) in [7, 11) is 0. The molecule has 4 N–H and O–H groups in total. The zero-order chi connectivity index (χ0) is 26.5. The summed E-state index contributed by atoms with van der Waals surface area (Å²) in [5, 5.41) is 16.3. The molecule has 2 saturated heterocycles. The number of nitrogens with zero attached hydrogens (tertiary/aromatic N) is 2. The summed E-state index contributed by atoms with van der Waals surface area (Å²) in [6.45, 7) is 2.79. The van der Waals surface area contributed by atoms with E-state index in [1.807, 2.05) is 65.6 Å². The van der Waals surface area contributed by atoms with Crippen molar-refractivity contribution in [1.82, 2.24) is 4.90 Å². The van der Waals surface area contributed by atoms with Crippen LogP contribution >= 0.6 is 0 Å². The number of carbonyl (C=O) groups is 1. The standard InChI is InChI=1S/C30H33N5O3/c31-28(32)23-9-6-10-24(17-23)35-19-26(37-20-21-7-2-1-3-8-21)18-27(35)30(36)38-25-13-11-22(12-14-25)29(33)34-15-4-5-16-34/h1-3,6-14,17,26-27,33H,4-5,15-16,18-20H2,(H3,31,32)/t26-,27-/m1/s1. The highest BCUT2D eigenvalue weighted by atomic mass is 16.5. The molecule has 0 amide bonds. The van der Waals surface area contributed by atoms with E-state index in [9.17, 15) is 4.79 Å². The van der Waals surface area contributed by atoms with E-state index < -0.39 is 6.04 Å². The summed E-state index contributed by atoms with van der Waals surface area (Å²) in [5.41, 5.74) is 8.99. The van der Waals surface area contributed by atoms with E-state index >= 15 is 0 Å². The lowest BCUT2D eigenvalue weighted by Gasteiger charge is -2.25. The second-order valence-electron chi connectivity index (χ2n) is 9.77. The van der Waals surface area contributed by atoms with E-state index in [-0.39, 0.29) is 17.9 Å². The van der Waals surface area contributed by atoms with Crippen molar-refractivity contribution in [3.63, 3.8) is 0 Å². The molecule has 38 heavy (non-hydrogen) atoms. The average molecular weight is 512 g/mol. The quantitative estimate of drug-likeness (QED) is 0.181. The highest BCUT2D eigenvalue weighted by Gasteiger charge is 2.39. The minimum Gasteiger partial charge on any atom is -0.425 e. The van der Waals surface area contributed by atoms with Crippen molar-refractivity contribution in [3.8, 4) is 5.75 Å². The number of nitrogen functional groups attached to an aromatic ring is 1. The molecule has 0 saturated carbocycles. The minimum absolute atomic E-state index is 0.0263. The zero-order valence-corrected chi connectivity index (χ0v) is 21.3. The third-order valence-corrected chi connectivity index (χ3v) is 7.12. The normalized spacial score (nSPS) is 18.9. The number of carbonyl (C=O) groups excluding carboxylic acids is 1. The third kappa shape index (κ3) is 5.86. The Balaban J connectivity index is 1.30. The first-order valence-electron chi connectivity index (χ1n) is 13.0. The van der Waals surface area contributed by atoms with Crippen LogP contribution in [0.3, 0.4) is 0 Å². The molecule has 2 aliphatic heterocycles. The number of amidine groups is 2. The first-order valence-corrected chi connectivity index (χ1v) is 13.0. The van der Waals surface area contributed by atoms with Crippen LogP contribution in [0.2, 0.25) is 0 Å². The Morgan fingerprint density at radius 1 is 0.921 bits per heavy atom. The van der Waals surface area contributed by atoms with Gasteiger partial charge in [0, 0.05) is 42.9 Å². The molecular weight excluding hydrogens is 478 g/mol. The van der Waals surface area contributed by atoms with Gasteiger partial charge in [-0.05, 0) is 54.8 Å². The van der Waals surface area contributed by atoms with Gasteiger partial charge in [0.25, 0.3) is 0 Å². The summed E-state index contributed by atoms with van der Waals surface area (Å²) < 4.78 is 12.0. The number of esters is 1. The van der Waals surface area contributed by atoms with Gasteiger partial charge < -0.3 is 25.0 Å². The highest BCUT2D eigenvalue weighted by Crippen LogP contribution is 2.30. The number of hydrogen-bond donors (Lipinski definition) is 3. The first-order chi connectivity index (χ1) is 18.5. The van der Waals surface area contributed by atoms with Gasteiger partial charge in [0.05, 0.1) is 12.7 Å². The molecule has 0 aliphatic carbocycles. The number of nitrogens with one attached hydrogen (secondary N) is 2. The Labute approximate surface area is 223 Å². The zero-order valence-electron chi connectivity index (χ0n) is 21.3. The topological polar surface area (TPSA) is 116 Å².